The van der Waals surface area contributed by atoms with Gasteiger partial charge in [0.05, 0.1) is 21.9 Å². The molecular weight excluding hydrogens is 398 g/mol. The highest BCUT2D eigenvalue weighted by atomic mass is 32.2. The third kappa shape index (κ3) is 4.06. The molecule has 0 radical (unpaired) electrons. The Kier molecular flexibility index (Phi) is 4.91. The van der Waals surface area contributed by atoms with Crippen LogP contribution in [0.15, 0.2) is 32.3 Å². The van der Waals surface area contributed by atoms with Crippen molar-refractivity contribution in [3.05, 3.63) is 28.7 Å². The maximum absolute atomic E-state index is 12.4. The molecule has 1 aliphatic heterocycles. The molecule has 0 spiro atoms. The number of oxazole rings is 1. The van der Waals surface area contributed by atoms with Gasteiger partial charge in [-0.1, -0.05) is 0 Å². The molecule has 148 valence electrons. The molecule has 1 fully saturated rings. The monoisotopic (exact) mass is 417 g/mol. The summed E-state index contributed by atoms with van der Waals surface area (Å²) >= 11 is 0. The van der Waals surface area contributed by atoms with Gasteiger partial charge in [-0.25, -0.2) is 26.8 Å². The normalized spacial score (nSPS) is 19.4. The van der Waals surface area contributed by atoms with E-state index in [0.29, 0.717) is 11.9 Å². The standard InChI is InChI=1S/C15H19N3O7S2/c1-17(10-5-7-26(21,22)9-10)14(19)4-6-18-12-3-2-11(27(16,23)24)8-13(12)25-15(18)20/h2-3,8,10H,4-7,9H2,1H3,(H2,16,23,24)/t10-/m1/s1. The molecule has 2 heterocycles. The van der Waals surface area contributed by atoms with Crippen molar-refractivity contribution in [3.63, 3.8) is 0 Å². The fourth-order valence-electron chi connectivity index (χ4n) is 3.10. The van der Waals surface area contributed by atoms with Gasteiger partial charge in [0, 0.05) is 32.1 Å². The van der Waals surface area contributed by atoms with Gasteiger partial charge in [-0.3, -0.25) is 9.36 Å². The van der Waals surface area contributed by atoms with Crippen molar-refractivity contribution in [1.29, 1.82) is 0 Å². The summed E-state index contributed by atoms with van der Waals surface area (Å²) in [7, 11) is -5.50. The van der Waals surface area contributed by atoms with Crippen LogP contribution in [-0.4, -0.2) is 56.8 Å². The molecule has 10 nitrogen and oxygen atoms in total. The molecule has 0 aliphatic carbocycles. The van der Waals surface area contributed by atoms with Gasteiger partial charge in [0.1, 0.15) is 0 Å². The first kappa shape index (κ1) is 19.6. The minimum absolute atomic E-state index is 0.0171. The Morgan fingerprint density at radius 1 is 1.41 bits per heavy atom. The first-order valence-corrected chi connectivity index (χ1v) is 11.5. The molecule has 12 heteroatoms. The van der Waals surface area contributed by atoms with Crippen LogP contribution in [0, 0.1) is 0 Å². The van der Waals surface area contributed by atoms with E-state index in [-0.39, 0.29) is 46.9 Å². The summed E-state index contributed by atoms with van der Waals surface area (Å²) in [5, 5.41) is 5.06. The minimum Gasteiger partial charge on any atom is -0.408 e. The zero-order chi connectivity index (χ0) is 20.0. The Hall–Kier alpha value is -2.18. The van der Waals surface area contributed by atoms with E-state index in [1.54, 1.807) is 7.05 Å². The van der Waals surface area contributed by atoms with Crippen molar-refractivity contribution in [1.82, 2.24) is 9.47 Å². The largest absolute Gasteiger partial charge is 0.419 e. The Morgan fingerprint density at radius 2 is 2.11 bits per heavy atom. The lowest BCUT2D eigenvalue weighted by molar-refractivity contribution is -0.131. The summed E-state index contributed by atoms with van der Waals surface area (Å²) in [5.74, 6) is -1.01. The zero-order valence-electron chi connectivity index (χ0n) is 14.5. The molecule has 27 heavy (non-hydrogen) atoms. The van der Waals surface area contributed by atoms with Gasteiger partial charge < -0.3 is 9.32 Å². The molecule has 1 aromatic heterocycles. The van der Waals surface area contributed by atoms with Gasteiger partial charge in [0.2, 0.25) is 15.9 Å². The number of carbonyl (C=O) groups excluding carboxylic acids is 1. The van der Waals surface area contributed by atoms with Crippen LogP contribution in [0.1, 0.15) is 12.8 Å². The second kappa shape index (κ2) is 6.77. The Morgan fingerprint density at radius 3 is 2.70 bits per heavy atom. The molecule has 2 N–H and O–H groups in total. The Bertz CT molecular complexity index is 1160. The Labute approximate surface area is 155 Å². The molecule has 1 amide bonds. The van der Waals surface area contributed by atoms with Gasteiger partial charge in [0.25, 0.3) is 0 Å². The number of primary sulfonamides is 1. The molecule has 1 atom stereocenters. The molecule has 1 saturated heterocycles. The number of sulfone groups is 1. The van der Waals surface area contributed by atoms with E-state index in [0.717, 1.165) is 6.07 Å². The first-order valence-electron chi connectivity index (χ1n) is 8.10. The van der Waals surface area contributed by atoms with Crippen molar-refractivity contribution < 1.29 is 26.0 Å². The molecule has 0 bridgehead atoms. The summed E-state index contributed by atoms with van der Waals surface area (Å²) in [5.41, 5.74) is 0.389. The predicted octanol–water partition coefficient (Wildman–Crippen LogP) is -0.722. The molecule has 0 saturated carbocycles. The highest BCUT2D eigenvalue weighted by Crippen LogP contribution is 2.19. The van der Waals surface area contributed by atoms with E-state index in [9.17, 15) is 26.4 Å². The van der Waals surface area contributed by atoms with Gasteiger partial charge in [0.15, 0.2) is 15.4 Å². The average molecular weight is 417 g/mol. The van der Waals surface area contributed by atoms with E-state index in [1.165, 1.54) is 21.6 Å². The van der Waals surface area contributed by atoms with Crippen molar-refractivity contribution in [3.8, 4) is 0 Å². The molecule has 2 aromatic rings. The predicted molar refractivity (Wildman–Crippen MR) is 96.3 cm³/mol. The number of aromatic nitrogens is 1. The maximum Gasteiger partial charge on any atom is 0.419 e. The van der Waals surface area contributed by atoms with E-state index < -0.39 is 25.6 Å². The first-order chi connectivity index (χ1) is 12.5. The van der Waals surface area contributed by atoms with Crippen molar-refractivity contribution in [2.24, 2.45) is 5.14 Å². The van der Waals surface area contributed by atoms with Crippen LogP contribution in [0.2, 0.25) is 0 Å². The quantitative estimate of drug-likeness (QED) is 0.674. The number of fused-ring (bicyclic) bond motifs is 1. The number of amides is 1. The molecule has 3 rings (SSSR count). The fourth-order valence-corrected chi connectivity index (χ4v) is 5.41. The lowest BCUT2D eigenvalue weighted by atomic mass is 10.2. The second-order valence-electron chi connectivity index (χ2n) is 6.51. The van der Waals surface area contributed by atoms with Crippen LogP contribution >= 0.6 is 0 Å². The van der Waals surface area contributed by atoms with E-state index in [4.69, 9.17) is 9.56 Å². The van der Waals surface area contributed by atoms with Crippen LogP contribution < -0.4 is 10.9 Å². The minimum atomic E-state index is -3.94. The van der Waals surface area contributed by atoms with Gasteiger partial charge in [-0.05, 0) is 18.6 Å². The number of carbonyl (C=O) groups is 1. The van der Waals surface area contributed by atoms with Crippen molar-refractivity contribution >= 4 is 36.9 Å². The fraction of sp³-hybridized carbons (Fsp3) is 0.467. The van der Waals surface area contributed by atoms with E-state index in [2.05, 4.69) is 0 Å². The highest BCUT2D eigenvalue weighted by molar-refractivity contribution is 7.91. The maximum atomic E-state index is 12.4. The number of sulfonamides is 1. The summed E-state index contributed by atoms with van der Waals surface area (Å²) in [6.07, 6.45) is 0.369. The second-order valence-corrected chi connectivity index (χ2v) is 10.3. The van der Waals surface area contributed by atoms with Crippen molar-refractivity contribution in [2.75, 3.05) is 18.6 Å². The number of rotatable bonds is 5. The van der Waals surface area contributed by atoms with Crippen LogP contribution in [0.25, 0.3) is 11.1 Å². The summed E-state index contributed by atoms with van der Waals surface area (Å²) in [6, 6.07) is 3.43. The molecule has 0 unspecified atom stereocenters. The highest BCUT2D eigenvalue weighted by Gasteiger charge is 2.32. The third-order valence-electron chi connectivity index (χ3n) is 4.67. The van der Waals surface area contributed by atoms with Gasteiger partial charge in [-0.2, -0.15) is 0 Å². The Balaban J connectivity index is 1.76. The molecular formula is C15H19N3O7S2. The smallest absolute Gasteiger partial charge is 0.408 e. The van der Waals surface area contributed by atoms with Crippen LogP contribution in [0.5, 0.6) is 0 Å². The number of hydrogen-bond donors (Lipinski definition) is 1. The number of nitrogens with zero attached hydrogens (tertiary/aromatic N) is 2. The summed E-state index contributed by atoms with van der Waals surface area (Å²) in [6.45, 7) is 0.0171. The van der Waals surface area contributed by atoms with Gasteiger partial charge in [-0.15, -0.1) is 0 Å². The summed E-state index contributed by atoms with van der Waals surface area (Å²) in [4.78, 5) is 25.6. The van der Waals surface area contributed by atoms with Crippen LogP contribution in [0.3, 0.4) is 0 Å². The lowest BCUT2D eigenvalue weighted by Crippen LogP contribution is -2.38. The number of benzene rings is 1. The van der Waals surface area contributed by atoms with Crippen molar-refractivity contribution in [2.45, 2.75) is 30.3 Å². The third-order valence-corrected chi connectivity index (χ3v) is 7.33. The number of aryl methyl sites for hydroxylation is 1. The number of hydrogen-bond acceptors (Lipinski definition) is 7. The van der Waals surface area contributed by atoms with E-state index in [1.807, 2.05) is 0 Å². The summed E-state index contributed by atoms with van der Waals surface area (Å²) < 4.78 is 52.1. The lowest BCUT2D eigenvalue weighted by Gasteiger charge is -2.23. The average Bonchev–Trinajstić information content (AvgIpc) is 3.09. The zero-order valence-corrected chi connectivity index (χ0v) is 16.1. The SMILES string of the molecule is CN(C(=O)CCn1c(=O)oc2cc(S(N)(=O)=O)ccc21)[C@@H]1CCS(=O)(=O)C1. The van der Waals surface area contributed by atoms with Crippen LogP contribution in [-0.2, 0) is 31.2 Å². The van der Waals surface area contributed by atoms with Crippen LogP contribution in [0.4, 0.5) is 0 Å². The van der Waals surface area contributed by atoms with Gasteiger partial charge >= 0.3 is 5.76 Å². The number of nitrogens with two attached hydrogens (primary N) is 1. The molecule has 1 aliphatic rings. The topological polar surface area (TPSA) is 150 Å². The molecule has 1 aromatic carbocycles. The van der Waals surface area contributed by atoms with E-state index >= 15 is 0 Å².